The van der Waals surface area contributed by atoms with Crippen LogP contribution >= 0.6 is 0 Å². The van der Waals surface area contributed by atoms with Gasteiger partial charge in [-0.1, -0.05) is 38.1 Å². The van der Waals surface area contributed by atoms with Gasteiger partial charge in [0.1, 0.15) is 11.6 Å². The van der Waals surface area contributed by atoms with E-state index in [4.69, 9.17) is 0 Å². The van der Waals surface area contributed by atoms with Crippen LogP contribution in [-0.4, -0.2) is 0 Å². The van der Waals surface area contributed by atoms with E-state index in [9.17, 15) is 8.78 Å². The first-order valence-electron chi connectivity index (χ1n) is 6.78. The Morgan fingerprint density at radius 1 is 0.800 bits per heavy atom. The second kappa shape index (κ2) is 6.04. The zero-order valence-corrected chi connectivity index (χ0v) is 12.0. The van der Waals surface area contributed by atoms with Crippen LogP contribution in [0.3, 0.4) is 0 Å². The first kappa shape index (κ1) is 14.5. The Balaban J connectivity index is 2.13. The van der Waals surface area contributed by atoms with Gasteiger partial charge in [0.2, 0.25) is 0 Å². The summed E-state index contributed by atoms with van der Waals surface area (Å²) in [6.45, 7) is 6.26. The topological polar surface area (TPSA) is 12.0 Å². The third-order valence-electron chi connectivity index (χ3n) is 3.35. The minimum absolute atomic E-state index is 0.0163. The smallest absolute Gasteiger partial charge is 0.128 e. The quantitative estimate of drug-likeness (QED) is 0.802. The third-order valence-corrected chi connectivity index (χ3v) is 3.35. The van der Waals surface area contributed by atoms with Crippen molar-refractivity contribution >= 4 is 5.69 Å². The molecule has 2 aromatic rings. The molecule has 1 N–H and O–H groups in total. The average Bonchev–Trinajstić information content (AvgIpc) is 2.37. The molecule has 106 valence electrons. The molecule has 2 rings (SSSR count). The van der Waals surface area contributed by atoms with Gasteiger partial charge >= 0.3 is 0 Å². The molecule has 3 heteroatoms. The summed E-state index contributed by atoms with van der Waals surface area (Å²) in [5, 5.41) is 3.11. The average molecular weight is 275 g/mol. The highest BCUT2D eigenvalue weighted by molar-refractivity contribution is 5.46. The van der Waals surface area contributed by atoms with Crippen molar-refractivity contribution in [2.45, 2.75) is 32.7 Å². The molecule has 1 unspecified atom stereocenters. The minimum Gasteiger partial charge on any atom is -0.378 e. The Labute approximate surface area is 118 Å². The van der Waals surface area contributed by atoms with Gasteiger partial charge in [-0.15, -0.1) is 0 Å². The highest BCUT2D eigenvalue weighted by Crippen LogP contribution is 2.23. The fourth-order valence-corrected chi connectivity index (χ4v) is 2.14. The highest BCUT2D eigenvalue weighted by Gasteiger charge is 2.08. The summed E-state index contributed by atoms with van der Waals surface area (Å²) in [4.78, 5) is 0. The standard InChI is InChI=1S/C17H19F2N/c1-11(2)13-4-6-14(7-5-13)12(3)20-17-9-15(18)8-16(19)10-17/h4-12,20H,1-3H3. The molecule has 0 radical (unpaired) electrons. The lowest BCUT2D eigenvalue weighted by atomic mass is 9.99. The maximum absolute atomic E-state index is 13.1. The van der Waals surface area contributed by atoms with Gasteiger partial charge in [0.05, 0.1) is 0 Å². The fraction of sp³-hybridized carbons (Fsp3) is 0.294. The number of hydrogen-bond acceptors (Lipinski definition) is 1. The number of benzene rings is 2. The van der Waals surface area contributed by atoms with E-state index < -0.39 is 11.6 Å². The largest absolute Gasteiger partial charge is 0.378 e. The summed E-state index contributed by atoms with van der Waals surface area (Å²) in [7, 11) is 0. The van der Waals surface area contributed by atoms with Crippen molar-refractivity contribution in [1.82, 2.24) is 0 Å². The van der Waals surface area contributed by atoms with Crippen LogP contribution in [0.4, 0.5) is 14.5 Å². The maximum Gasteiger partial charge on any atom is 0.128 e. The van der Waals surface area contributed by atoms with Gasteiger partial charge in [-0.2, -0.15) is 0 Å². The SMILES string of the molecule is CC(C)c1ccc(C(C)Nc2cc(F)cc(F)c2)cc1. The minimum atomic E-state index is -0.574. The van der Waals surface area contributed by atoms with Gasteiger partial charge in [-0.25, -0.2) is 8.78 Å². The second-order valence-corrected chi connectivity index (χ2v) is 5.35. The molecule has 1 atom stereocenters. The van der Waals surface area contributed by atoms with E-state index in [1.54, 1.807) is 0 Å². The van der Waals surface area contributed by atoms with Crippen molar-refractivity contribution in [1.29, 1.82) is 0 Å². The molecular formula is C17H19F2N. The molecule has 0 saturated carbocycles. The van der Waals surface area contributed by atoms with Crippen LogP contribution in [0.15, 0.2) is 42.5 Å². The molecule has 0 saturated heterocycles. The molecule has 20 heavy (non-hydrogen) atoms. The van der Waals surface area contributed by atoms with E-state index >= 15 is 0 Å². The second-order valence-electron chi connectivity index (χ2n) is 5.35. The lowest BCUT2D eigenvalue weighted by Crippen LogP contribution is -2.07. The van der Waals surface area contributed by atoms with E-state index in [1.807, 2.05) is 19.1 Å². The molecule has 0 aliphatic rings. The van der Waals surface area contributed by atoms with E-state index in [-0.39, 0.29) is 6.04 Å². The van der Waals surface area contributed by atoms with Crippen LogP contribution in [-0.2, 0) is 0 Å². The Kier molecular flexibility index (Phi) is 4.38. The predicted molar refractivity (Wildman–Crippen MR) is 78.9 cm³/mol. The van der Waals surface area contributed by atoms with Crippen LogP contribution in [0, 0.1) is 11.6 Å². The van der Waals surface area contributed by atoms with Crippen LogP contribution < -0.4 is 5.32 Å². The van der Waals surface area contributed by atoms with Crippen molar-refractivity contribution in [2.24, 2.45) is 0 Å². The molecular weight excluding hydrogens is 256 g/mol. The van der Waals surface area contributed by atoms with Crippen molar-refractivity contribution < 1.29 is 8.78 Å². The Bertz CT molecular complexity index is 556. The monoisotopic (exact) mass is 275 g/mol. The first-order valence-corrected chi connectivity index (χ1v) is 6.78. The number of anilines is 1. The van der Waals surface area contributed by atoms with Crippen molar-refractivity contribution in [3.63, 3.8) is 0 Å². The van der Waals surface area contributed by atoms with Gasteiger partial charge in [-0.3, -0.25) is 0 Å². The number of hydrogen-bond donors (Lipinski definition) is 1. The summed E-state index contributed by atoms with van der Waals surface area (Å²) in [6.07, 6.45) is 0. The number of nitrogens with one attached hydrogen (secondary N) is 1. The Morgan fingerprint density at radius 2 is 1.30 bits per heavy atom. The highest BCUT2D eigenvalue weighted by atomic mass is 19.1. The molecule has 0 aromatic heterocycles. The van der Waals surface area contributed by atoms with Gasteiger partial charge in [-0.05, 0) is 36.1 Å². The summed E-state index contributed by atoms with van der Waals surface area (Å²) in [5.41, 5.74) is 2.81. The zero-order chi connectivity index (χ0) is 14.7. The van der Waals surface area contributed by atoms with Crippen LogP contribution in [0.5, 0.6) is 0 Å². The molecule has 0 aliphatic carbocycles. The summed E-state index contributed by atoms with van der Waals surface area (Å²) < 4.78 is 26.3. The van der Waals surface area contributed by atoms with Crippen molar-refractivity contribution in [3.05, 3.63) is 65.2 Å². The van der Waals surface area contributed by atoms with E-state index in [0.717, 1.165) is 11.6 Å². The number of rotatable bonds is 4. The predicted octanol–water partition coefficient (Wildman–Crippen LogP) is 5.26. The van der Waals surface area contributed by atoms with Crippen LogP contribution in [0.2, 0.25) is 0 Å². The van der Waals surface area contributed by atoms with Gasteiger partial charge in [0.15, 0.2) is 0 Å². The molecule has 1 nitrogen and oxygen atoms in total. The van der Waals surface area contributed by atoms with Gasteiger partial charge in [0, 0.05) is 17.8 Å². The van der Waals surface area contributed by atoms with Crippen molar-refractivity contribution in [2.75, 3.05) is 5.32 Å². The lowest BCUT2D eigenvalue weighted by Gasteiger charge is -2.17. The van der Waals surface area contributed by atoms with Gasteiger partial charge < -0.3 is 5.32 Å². The van der Waals surface area contributed by atoms with Gasteiger partial charge in [0.25, 0.3) is 0 Å². The molecule has 2 aromatic carbocycles. The summed E-state index contributed by atoms with van der Waals surface area (Å²) >= 11 is 0. The van der Waals surface area contributed by atoms with Crippen LogP contribution in [0.1, 0.15) is 43.9 Å². The molecule has 0 spiro atoms. The normalized spacial score (nSPS) is 12.5. The van der Waals surface area contributed by atoms with E-state index in [1.165, 1.54) is 17.7 Å². The Morgan fingerprint density at radius 3 is 1.80 bits per heavy atom. The maximum atomic E-state index is 13.1. The molecule has 0 bridgehead atoms. The molecule has 0 heterocycles. The number of halogens is 2. The van der Waals surface area contributed by atoms with E-state index in [0.29, 0.717) is 11.6 Å². The van der Waals surface area contributed by atoms with E-state index in [2.05, 4.69) is 31.3 Å². The molecule has 0 aliphatic heterocycles. The first-order chi connectivity index (χ1) is 9.45. The molecule has 0 fully saturated rings. The zero-order valence-electron chi connectivity index (χ0n) is 12.0. The molecule has 0 amide bonds. The Hall–Kier alpha value is -1.90. The fourth-order valence-electron chi connectivity index (χ4n) is 2.14. The summed E-state index contributed by atoms with van der Waals surface area (Å²) in [5.74, 6) is -0.658. The summed E-state index contributed by atoms with van der Waals surface area (Å²) in [6, 6.07) is 11.7. The van der Waals surface area contributed by atoms with Crippen LogP contribution in [0.25, 0.3) is 0 Å². The lowest BCUT2D eigenvalue weighted by molar-refractivity contribution is 0.583. The third kappa shape index (κ3) is 3.56. The van der Waals surface area contributed by atoms with Crippen molar-refractivity contribution in [3.8, 4) is 0 Å².